The molecule has 4 heterocycles. The van der Waals surface area contributed by atoms with Crippen LogP contribution in [0.3, 0.4) is 0 Å². The molecule has 1 amide bonds. The zero-order chi connectivity index (χ0) is 24.3. The maximum absolute atomic E-state index is 13.4. The zero-order valence-electron chi connectivity index (χ0n) is 20.4. The van der Waals surface area contributed by atoms with Gasteiger partial charge < -0.3 is 19.3 Å². The Hall–Kier alpha value is -3.65. The summed E-state index contributed by atoms with van der Waals surface area (Å²) in [6.07, 6.45) is 1.92. The summed E-state index contributed by atoms with van der Waals surface area (Å²) < 4.78 is 10.9. The van der Waals surface area contributed by atoms with Gasteiger partial charge in [0.2, 0.25) is 12.7 Å². The normalized spacial score (nSPS) is 19.9. The number of hydrogen-bond acceptors (Lipinski definition) is 7. The Kier molecular flexibility index (Phi) is 6.42. The number of hydrogen-bond donors (Lipinski definition) is 0. The van der Waals surface area contributed by atoms with Crippen LogP contribution in [0, 0.1) is 5.92 Å². The Labute approximate surface area is 211 Å². The van der Waals surface area contributed by atoms with E-state index in [2.05, 4.69) is 37.0 Å². The molecule has 3 aliphatic rings. The summed E-state index contributed by atoms with van der Waals surface area (Å²) in [5, 5.41) is 8.92. The second-order valence-electron chi connectivity index (χ2n) is 9.72. The van der Waals surface area contributed by atoms with Crippen LogP contribution < -0.4 is 14.4 Å². The predicted molar refractivity (Wildman–Crippen MR) is 137 cm³/mol. The zero-order valence-corrected chi connectivity index (χ0v) is 20.4. The van der Waals surface area contributed by atoms with Crippen molar-refractivity contribution in [2.24, 2.45) is 5.92 Å². The topological polar surface area (TPSA) is 71.0 Å². The van der Waals surface area contributed by atoms with Gasteiger partial charge in [0.15, 0.2) is 17.3 Å². The minimum absolute atomic E-state index is 0.00904. The van der Waals surface area contributed by atoms with E-state index in [1.807, 2.05) is 48.5 Å². The molecule has 3 aliphatic heterocycles. The standard InChI is InChI=1S/C28H31N5O3/c34-28(32-15-13-31(14-16-32)18-21-8-10-25-26(17-21)36-20-35-25)23-7-4-12-33(19-23)27-11-9-24(29-30-27)22-5-2-1-3-6-22/h1-3,5-6,8-11,17,23H,4,7,12-16,18-20H2. The summed E-state index contributed by atoms with van der Waals surface area (Å²) in [6.45, 7) is 6.06. The van der Waals surface area contributed by atoms with Gasteiger partial charge in [0.1, 0.15) is 0 Å². The largest absolute Gasteiger partial charge is 0.454 e. The monoisotopic (exact) mass is 485 g/mol. The molecule has 186 valence electrons. The predicted octanol–water partition coefficient (Wildman–Crippen LogP) is 3.43. The lowest BCUT2D eigenvalue weighted by Gasteiger charge is -2.39. The molecule has 0 bridgehead atoms. The maximum Gasteiger partial charge on any atom is 0.231 e. The van der Waals surface area contributed by atoms with Crippen molar-refractivity contribution in [3.8, 4) is 22.8 Å². The van der Waals surface area contributed by atoms with E-state index in [1.54, 1.807) is 0 Å². The molecular weight excluding hydrogens is 454 g/mol. The number of piperidine rings is 1. The molecule has 2 saturated heterocycles. The highest BCUT2D eigenvalue weighted by molar-refractivity contribution is 5.80. The van der Waals surface area contributed by atoms with Gasteiger partial charge in [-0.05, 0) is 42.7 Å². The van der Waals surface area contributed by atoms with Gasteiger partial charge in [-0.15, -0.1) is 10.2 Å². The van der Waals surface area contributed by atoms with Gasteiger partial charge in [-0.2, -0.15) is 0 Å². The smallest absolute Gasteiger partial charge is 0.231 e. The van der Waals surface area contributed by atoms with Crippen molar-refractivity contribution >= 4 is 11.7 Å². The molecule has 6 rings (SSSR count). The van der Waals surface area contributed by atoms with Crippen molar-refractivity contribution in [2.75, 3.05) is 51.0 Å². The van der Waals surface area contributed by atoms with Crippen molar-refractivity contribution < 1.29 is 14.3 Å². The first-order valence-electron chi connectivity index (χ1n) is 12.8. The van der Waals surface area contributed by atoms with Crippen LogP contribution in [-0.4, -0.2) is 72.0 Å². The van der Waals surface area contributed by atoms with Crippen LogP contribution in [-0.2, 0) is 11.3 Å². The fraction of sp³-hybridized carbons (Fsp3) is 0.393. The lowest BCUT2D eigenvalue weighted by molar-refractivity contribution is -0.137. The summed E-state index contributed by atoms with van der Waals surface area (Å²) in [6, 6.07) is 20.2. The second-order valence-corrected chi connectivity index (χ2v) is 9.72. The Morgan fingerprint density at radius 2 is 1.72 bits per heavy atom. The minimum Gasteiger partial charge on any atom is -0.454 e. The molecule has 1 atom stereocenters. The number of amides is 1. The number of aromatic nitrogens is 2. The summed E-state index contributed by atoms with van der Waals surface area (Å²) in [5.74, 6) is 2.77. The van der Waals surface area contributed by atoms with E-state index < -0.39 is 0 Å². The van der Waals surface area contributed by atoms with Crippen LogP contribution in [0.2, 0.25) is 0 Å². The number of rotatable bonds is 5. The molecule has 36 heavy (non-hydrogen) atoms. The van der Waals surface area contributed by atoms with Gasteiger partial charge in [0.25, 0.3) is 0 Å². The second kappa shape index (κ2) is 10.1. The molecule has 8 heteroatoms. The minimum atomic E-state index is 0.00904. The van der Waals surface area contributed by atoms with E-state index >= 15 is 0 Å². The number of piperazine rings is 1. The molecule has 0 aliphatic carbocycles. The summed E-state index contributed by atoms with van der Waals surface area (Å²) in [7, 11) is 0. The first-order valence-corrected chi connectivity index (χ1v) is 12.8. The van der Waals surface area contributed by atoms with E-state index in [0.29, 0.717) is 13.3 Å². The molecule has 2 aromatic carbocycles. The van der Waals surface area contributed by atoms with Crippen LogP contribution in [0.5, 0.6) is 11.5 Å². The summed E-state index contributed by atoms with van der Waals surface area (Å²) in [5.41, 5.74) is 3.13. The number of anilines is 1. The van der Waals surface area contributed by atoms with Crippen LogP contribution in [0.25, 0.3) is 11.3 Å². The Morgan fingerprint density at radius 3 is 2.53 bits per heavy atom. The highest BCUT2D eigenvalue weighted by Crippen LogP contribution is 2.33. The number of ether oxygens (including phenoxy) is 2. The third-order valence-corrected chi connectivity index (χ3v) is 7.34. The molecule has 1 unspecified atom stereocenters. The van der Waals surface area contributed by atoms with Crippen molar-refractivity contribution in [3.63, 3.8) is 0 Å². The van der Waals surface area contributed by atoms with Gasteiger partial charge in [0, 0.05) is 51.4 Å². The lowest BCUT2D eigenvalue weighted by Crippen LogP contribution is -2.52. The fourth-order valence-corrected chi connectivity index (χ4v) is 5.33. The molecule has 3 aromatic rings. The average Bonchev–Trinajstić information content (AvgIpc) is 3.42. The van der Waals surface area contributed by atoms with Crippen molar-refractivity contribution in [1.29, 1.82) is 0 Å². The van der Waals surface area contributed by atoms with Crippen molar-refractivity contribution in [2.45, 2.75) is 19.4 Å². The molecule has 0 radical (unpaired) electrons. The van der Waals surface area contributed by atoms with Crippen LogP contribution >= 0.6 is 0 Å². The van der Waals surface area contributed by atoms with Gasteiger partial charge >= 0.3 is 0 Å². The van der Waals surface area contributed by atoms with E-state index in [0.717, 1.165) is 80.7 Å². The molecule has 1 aromatic heterocycles. The number of fused-ring (bicyclic) bond motifs is 1. The quantitative estimate of drug-likeness (QED) is 0.548. The number of carbonyl (C=O) groups excluding carboxylic acids is 1. The van der Waals surface area contributed by atoms with Crippen molar-refractivity contribution in [3.05, 3.63) is 66.2 Å². The number of nitrogens with zero attached hydrogens (tertiary/aromatic N) is 5. The Balaban J connectivity index is 1.02. The summed E-state index contributed by atoms with van der Waals surface area (Å²) in [4.78, 5) is 20.0. The van der Waals surface area contributed by atoms with E-state index in [1.165, 1.54) is 5.56 Å². The van der Waals surface area contributed by atoms with Crippen LogP contribution in [0.4, 0.5) is 5.82 Å². The van der Waals surface area contributed by atoms with E-state index in [-0.39, 0.29) is 11.8 Å². The van der Waals surface area contributed by atoms with E-state index in [4.69, 9.17) is 9.47 Å². The van der Waals surface area contributed by atoms with Crippen LogP contribution in [0.1, 0.15) is 18.4 Å². The Morgan fingerprint density at radius 1 is 0.889 bits per heavy atom. The molecule has 2 fully saturated rings. The molecular formula is C28H31N5O3. The summed E-state index contributed by atoms with van der Waals surface area (Å²) >= 11 is 0. The Bertz CT molecular complexity index is 1200. The fourth-order valence-electron chi connectivity index (χ4n) is 5.33. The highest BCUT2D eigenvalue weighted by atomic mass is 16.7. The molecule has 0 N–H and O–H groups in total. The van der Waals surface area contributed by atoms with Crippen LogP contribution in [0.15, 0.2) is 60.7 Å². The SMILES string of the molecule is O=C(C1CCCN(c2ccc(-c3ccccc3)nn2)C1)N1CCN(Cc2ccc3c(c2)OCO3)CC1. The molecule has 0 saturated carbocycles. The third-order valence-electron chi connectivity index (χ3n) is 7.34. The average molecular weight is 486 g/mol. The number of carbonyl (C=O) groups is 1. The molecule has 0 spiro atoms. The lowest BCUT2D eigenvalue weighted by atomic mass is 9.96. The van der Waals surface area contributed by atoms with E-state index in [9.17, 15) is 4.79 Å². The maximum atomic E-state index is 13.4. The first-order chi connectivity index (χ1) is 17.7. The van der Waals surface area contributed by atoms with Crippen molar-refractivity contribution in [1.82, 2.24) is 20.0 Å². The van der Waals surface area contributed by atoms with Gasteiger partial charge in [-0.1, -0.05) is 36.4 Å². The van der Waals surface area contributed by atoms with Gasteiger partial charge in [-0.25, -0.2) is 0 Å². The van der Waals surface area contributed by atoms with Gasteiger partial charge in [-0.3, -0.25) is 9.69 Å². The first kappa shape index (κ1) is 22.8. The third kappa shape index (κ3) is 4.86. The van der Waals surface area contributed by atoms with Gasteiger partial charge in [0.05, 0.1) is 11.6 Å². The highest BCUT2D eigenvalue weighted by Gasteiger charge is 2.31. The molecule has 8 nitrogen and oxygen atoms in total. The number of benzene rings is 2.